The molecule has 1 amide bonds. The lowest BCUT2D eigenvalue weighted by atomic mass is 10.1. The summed E-state index contributed by atoms with van der Waals surface area (Å²) in [4.78, 5) is 21.5. The standard InChI is InChI=1S/C19H23N3O/c1-15(2)21-10-12-22(13-11-21)19(23)17-7-5-6-16(14-17)18-8-3-4-9-20-18/h3-9,14-15H,10-13H2,1-2H3. The molecular weight excluding hydrogens is 286 g/mol. The first kappa shape index (κ1) is 15.7. The Balaban J connectivity index is 1.74. The van der Waals surface area contributed by atoms with Gasteiger partial charge < -0.3 is 4.90 Å². The first-order chi connectivity index (χ1) is 11.1. The topological polar surface area (TPSA) is 36.4 Å². The van der Waals surface area contributed by atoms with Gasteiger partial charge in [-0.3, -0.25) is 14.7 Å². The van der Waals surface area contributed by atoms with Gasteiger partial charge in [0, 0.05) is 49.5 Å². The van der Waals surface area contributed by atoms with E-state index in [1.54, 1.807) is 6.20 Å². The van der Waals surface area contributed by atoms with Crippen molar-refractivity contribution in [1.82, 2.24) is 14.8 Å². The number of hydrogen-bond acceptors (Lipinski definition) is 3. The summed E-state index contributed by atoms with van der Waals surface area (Å²) in [6, 6.07) is 14.1. The van der Waals surface area contributed by atoms with E-state index in [4.69, 9.17) is 0 Å². The number of aromatic nitrogens is 1. The predicted molar refractivity (Wildman–Crippen MR) is 92.3 cm³/mol. The number of rotatable bonds is 3. The molecule has 2 aromatic rings. The van der Waals surface area contributed by atoms with Gasteiger partial charge in [-0.15, -0.1) is 0 Å². The Hall–Kier alpha value is -2.20. The molecule has 2 heterocycles. The van der Waals surface area contributed by atoms with Crippen LogP contribution in [0.5, 0.6) is 0 Å². The lowest BCUT2D eigenvalue weighted by Gasteiger charge is -2.37. The van der Waals surface area contributed by atoms with E-state index in [0.717, 1.165) is 43.0 Å². The molecule has 1 saturated heterocycles. The average molecular weight is 309 g/mol. The van der Waals surface area contributed by atoms with Crippen molar-refractivity contribution in [1.29, 1.82) is 0 Å². The normalized spacial score (nSPS) is 15.9. The molecular formula is C19H23N3O. The highest BCUT2D eigenvalue weighted by molar-refractivity contribution is 5.95. The van der Waals surface area contributed by atoms with E-state index in [1.165, 1.54) is 0 Å². The summed E-state index contributed by atoms with van der Waals surface area (Å²) in [5, 5.41) is 0. The van der Waals surface area contributed by atoms with Crippen LogP contribution < -0.4 is 0 Å². The zero-order valence-electron chi connectivity index (χ0n) is 13.8. The fraction of sp³-hybridized carbons (Fsp3) is 0.368. The van der Waals surface area contributed by atoms with E-state index >= 15 is 0 Å². The number of benzene rings is 1. The van der Waals surface area contributed by atoms with Gasteiger partial charge in [-0.05, 0) is 38.1 Å². The Morgan fingerprint density at radius 1 is 1.04 bits per heavy atom. The SMILES string of the molecule is CC(C)N1CCN(C(=O)c2cccc(-c3ccccn3)c2)CC1. The fourth-order valence-electron chi connectivity index (χ4n) is 2.97. The smallest absolute Gasteiger partial charge is 0.253 e. The average Bonchev–Trinajstić information content (AvgIpc) is 2.62. The molecule has 1 aliphatic rings. The summed E-state index contributed by atoms with van der Waals surface area (Å²) in [6.45, 7) is 7.89. The number of piperazine rings is 1. The molecule has 1 aromatic carbocycles. The molecule has 120 valence electrons. The van der Waals surface area contributed by atoms with Crippen molar-refractivity contribution in [3.05, 3.63) is 54.2 Å². The molecule has 23 heavy (non-hydrogen) atoms. The van der Waals surface area contributed by atoms with Crippen molar-refractivity contribution in [2.45, 2.75) is 19.9 Å². The third-order valence-corrected chi connectivity index (χ3v) is 4.40. The van der Waals surface area contributed by atoms with Crippen molar-refractivity contribution < 1.29 is 4.79 Å². The van der Waals surface area contributed by atoms with E-state index < -0.39 is 0 Å². The van der Waals surface area contributed by atoms with Crippen LogP contribution in [-0.2, 0) is 0 Å². The second kappa shape index (κ2) is 6.92. The first-order valence-corrected chi connectivity index (χ1v) is 8.20. The number of nitrogens with zero attached hydrogens (tertiary/aromatic N) is 3. The summed E-state index contributed by atoms with van der Waals surface area (Å²) in [5.74, 6) is 0.117. The summed E-state index contributed by atoms with van der Waals surface area (Å²) in [6.07, 6.45) is 1.77. The van der Waals surface area contributed by atoms with Gasteiger partial charge in [-0.2, -0.15) is 0 Å². The molecule has 1 aliphatic heterocycles. The van der Waals surface area contributed by atoms with Crippen LogP contribution in [-0.4, -0.2) is 52.9 Å². The molecule has 0 N–H and O–H groups in total. The van der Waals surface area contributed by atoms with Crippen LogP contribution in [0.2, 0.25) is 0 Å². The van der Waals surface area contributed by atoms with E-state index in [2.05, 4.69) is 23.7 Å². The largest absolute Gasteiger partial charge is 0.336 e. The summed E-state index contributed by atoms with van der Waals surface area (Å²) in [7, 11) is 0. The van der Waals surface area contributed by atoms with Crippen molar-refractivity contribution >= 4 is 5.91 Å². The molecule has 0 atom stereocenters. The van der Waals surface area contributed by atoms with Crippen LogP contribution in [0.1, 0.15) is 24.2 Å². The quantitative estimate of drug-likeness (QED) is 0.875. The molecule has 0 saturated carbocycles. The van der Waals surface area contributed by atoms with Gasteiger partial charge in [0.05, 0.1) is 5.69 Å². The molecule has 0 radical (unpaired) electrons. The first-order valence-electron chi connectivity index (χ1n) is 8.20. The molecule has 1 aromatic heterocycles. The van der Waals surface area contributed by atoms with E-state index in [-0.39, 0.29) is 5.91 Å². The third-order valence-electron chi connectivity index (χ3n) is 4.40. The van der Waals surface area contributed by atoms with Gasteiger partial charge in [0.15, 0.2) is 0 Å². The Kier molecular flexibility index (Phi) is 4.72. The van der Waals surface area contributed by atoms with Crippen LogP contribution in [0.4, 0.5) is 0 Å². The minimum Gasteiger partial charge on any atom is -0.336 e. The van der Waals surface area contributed by atoms with Gasteiger partial charge in [0.2, 0.25) is 0 Å². The maximum absolute atomic E-state index is 12.7. The van der Waals surface area contributed by atoms with E-state index in [1.807, 2.05) is 47.4 Å². The zero-order valence-corrected chi connectivity index (χ0v) is 13.8. The molecule has 4 nitrogen and oxygen atoms in total. The summed E-state index contributed by atoms with van der Waals surface area (Å²) in [5.41, 5.74) is 2.62. The van der Waals surface area contributed by atoms with Gasteiger partial charge in [-0.25, -0.2) is 0 Å². The Bertz CT molecular complexity index is 661. The maximum atomic E-state index is 12.7. The monoisotopic (exact) mass is 309 g/mol. The van der Waals surface area contributed by atoms with Crippen LogP contribution in [0, 0.1) is 0 Å². The van der Waals surface area contributed by atoms with E-state index in [9.17, 15) is 4.79 Å². The number of carbonyl (C=O) groups excluding carboxylic acids is 1. The van der Waals surface area contributed by atoms with Crippen molar-refractivity contribution in [3.63, 3.8) is 0 Å². The number of amides is 1. The van der Waals surface area contributed by atoms with Crippen LogP contribution >= 0.6 is 0 Å². The van der Waals surface area contributed by atoms with Gasteiger partial charge in [0.1, 0.15) is 0 Å². The van der Waals surface area contributed by atoms with Crippen molar-refractivity contribution in [3.8, 4) is 11.3 Å². The second-order valence-corrected chi connectivity index (χ2v) is 6.22. The summed E-state index contributed by atoms with van der Waals surface area (Å²) < 4.78 is 0. The lowest BCUT2D eigenvalue weighted by Crippen LogP contribution is -2.50. The molecule has 1 fully saturated rings. The van der Waals surface area contributed by atoms with Gasteiger partial charge in [0.25, 0.3) is 5.91 Å². The van der Waals surface area contributed by atoms with Crippen molar-refractivity contribution in [2.24, 2.45) is 0 Å². The highest BCUT2D eigenvalue weighted by atomic mass is 16.2. The Morgan fingerprint density at radius 2 is 1.83 bits per heavy atom. The van der Waals surface area contributed by atoms with Gasteiger partial charge >= 0.3 is 0 Å². The molecule has 0 aliphatic carbocycles. The number of carbonyl (C=O) groups is 1. The zero-order chi connectivity index (χ0) is 16.2. The molecule has 3 rings (SSSR count). The predicted octanol–water partition coefficient (Wildman–Crippen LogP) is 2.91. The number of hydrogen-bond donors (Lipinski definition) is 0. The van der Waals surface area contributed by atoms with Crippen molar-refractivity contribution in [2.75, 3.05) is 26.2 Å². The lowest BCUT2D eigenvalue weighted by molar-refractivity contribution is 0.0595. The Morgan fingerprint density at radius 3 is 2.48 bits per heavy atom. The maximum Gasteiger partial charge on any atom is 0.253 e. The van der Waals surface area contributed by atoms with Crippen LogP contribution in [0.15, 0.2) is 48.7 Å². The Labute approximate surface area is 137 Å². The van der Waals surface area contributed by atoms with E-state index in [0.29, 0.717) is 6.04 Å². The molecule has 0 bridgehead atoms. The molecule has 0 unspecified atom stereocenters. The number of pyridine rings is 1. The minimum atomic E-state index is 0.117. The van der Waals surface area contributed by atoms with Crippen LogP contribution in [0.25, 0.3) is 11.3 Å². The highest BCUT2D eigenvalue weighted by Gasteiger charge is 2.23. The molecule has 4 heteroatoms. The molecule has 0 spiro atoms. The van der Waals surface area contributed by atoms with Gasteiger partial charge in [-0.1, -0.05) is 18.2 Å². The third kappa shape index (κ3) is 3.59. The second-order valence-electron chi connectivity index (χ2n) is 6.22. The fourth-order valence-corrected chi connectivity index (χ4v) is 2.97. The summed E-state index contributed by atoms with van der Waals surface area (Å²) >= 11 is 0. The highest BCUT2D eigenvalue weighted by Crippen LogP contribution is 2.19. The van der Waals surface area contributed by atoms with Crippen LogP contribution in [0.3, 0.4) is 0 Å². The minimum absolute atomic E-state index is 0.117.